The molecular weight excluding hydrogens is 391 g/mol. The number of carboxylic acid groups (broad SMARTS) is 2. The van der Waals surface area contributed by atoms with Crippen molar-refractivity contribution in [2.45, 2.75) is 23.2 Å². The molecule has 26 heavy (non-hydrogen) atoms. The van der Waals surface area contributed by atoms with Crippen molar-refractivity contribution in [3.8, 4) is 0 Å². The highest BCUT2D eigenvalue weighted by molar-refractivity contribution is 8.00. The number of aliphatic carboxylic acids is 2. The molecule has 144 valence electrons. The summed E-state index contributed by atoms with van der Waals surface area (Å²) in [6.45, 7) is 0. The van der Waals surface area contributed by atoms with Crippen molar-refractivity contribution in [1.82, 2.24) is 0 Å². The third-order valence-corrected chi connectivity index (χ3v) is 6.30. The molecule has 13 heteroatoms. The van der Waals surface area contributed by atoms with Crippen LogP contribution in [0.3, 0.4) is 0 Å². The van der Waals surface area contributed by atoms with E-state index in [1.165, 1.54) is 12.1 Å². The monoisotopic (exact) mass is 408 g/mol. The number of nitrogens with two attached hydrogens (primary N) is 1. The lowest BCUT2D eigenvalue weighted by Gasteiger charge is -2.19. The van der Waals surface area contributed by atoms with Gasteiger partial charge in [-0.1, -0.05) is 6.07 Å². The molecule has 3 unspecified atom stereocenters. The normalized spacial score (nSPS) is 15.7. The second kappa shape index (κ2) is 9.10. The Kier molecular flexibility index (Phi) is 7.72. The highest BCUT2D eigenvalue weighted by Crippen LogP contribution is 2.55. The molecule has 0 fully saturated rings. The van der Waals surface area contributed by atoms with Crippen molar-refractivity contribution < 1.29 is 39.3 Å². The topological polar surface area (TPSA) is 201 Å². The van der Waals surface area contributed by atoms with Gasteiger partial charge < -0.3 is 25.9 Å². The number of thioether (sulfide) groups is 1. The largest absolute Gasteiger partial charge is 0.481 e. The number of rotatable bonds is 10. The van der Waals surface area contributed by atoms with Gasteiger partial charge in [0.05, 0.1) is 15.6 Å². The zero-order valence-electron chi connectivity index (χ0n) is 13.2. The highest BCUT2D eigenvalue weighted by atomic mass is 32.2. The number of hydrogen-bond donors (Lipinski definition) is 5. The van der Waals surface area contributed by atoms with Gasteiger partial charge >= 0.3 is 11.9 Å². The lowest BCUT2D eigenvalue weighted by molar-refractivity contribution is -0.387. The third kappa shape index (κ3) is 6.07. The number of benzene rings is 1. The Morgan fingerprint density at radius 3 is 2.46 bits per heavy atom. The summed E-state index contributed by atoms with van der Waals surface area (Å²) in [5.74, 6) is -4.94. The molecule has 3 atom stereocenters. The summed E-state index contributed by atoms with van der Waals surface area (Å²) in [6, 6.07) is 1.84. The smallest absolute Gasteiger partial charge is 0.320 e. The van der Waals surface area contributed by atoms with Crippen LogP contribution in [0.1, 0.15) is 17.8 Å². The Morgan fingerprint density at radius 1 is 1.35 bits per heavy atom. The van der Waals surface area contributed by atoms with Crippen LogP contribution in [0.5, 0.6) is 0 Å². The summed E-state index contributed by atoms with van der Waals surface area (Å²) in [5.41, 5.74) is 4.52. The van der Waals surface area contributed by atoms with Crippen molar-refractivity contribution in [2.75, 3.05) is 11.9 Å². The first-order valence-corrected chi connectivity index (χ1v) is 9.96. The lowest BCUT2D eigenvalue weighted by Crippen LogP contribution is -2.31. The number of carboxylic acids is 2. The van der Waals surface area contributed by atoms with E-state index in [2.05, 4.69) is 0 Å². The van der Waals surface area contributed by atoms with Gasteiger partial charge in [-0.15, -0.1) is 11.8 Å². The van der Waals surface area contributed by atoms with E-state index >= 15 is 0 Å². The van der Waals surface area contributed by atoms with E-state index in [4.69, 9.17) is 15.9 Å². The van der Waals surface area contributed by atoms with Crippen molar-refractivity contribution in [3.63, 3.8) is 0 Å². The summed E-state index contributed by atoms with van der Waals surface area (Å²) in [6.07, 6.45) is -0.959. The van der Waals surface area contributed by atoms with Crippen LogP contribution >= 0.6 is 19.1 Å². The van der Waals surface area contributed by atoms with Crippen molar-refractivity contribution in [3.05, 3.63) is 33.9 Å². The molecule has 0 bridgehead atoms. The second-order valence-corrected chi connectivity index (χ2v) is 8.72. The minimum atomic E-state index is -4.31. The molecule has 11 nitrogen and oxygen atoms in total. The van der Waals surface area contributed by atoms with E-state index in [0.29, 0.717) is 11.8 Å². The number of nitrogens with zero attached hydrogens (tertiary/aromatic N) is 1. The van der Waals surface area contributed by atoms with Crippen LogP contribution in [-0.2, 0) is 14.2 Å². The minimum Gasteiger partial charge on any atom is -0.481 e. The Bertz CT molecular complexity index is 757. The molecule has 0 heterocycles. The fourth-order valence-corrected chi connectivity index (χ4v) is 4.15. The van der Waals surface area contributed by atoms with Crippen LogP contribution in [-0.4, -0.2) is 55.0 Å². The third-order valence-electron chi connectivity index (χ3n) is 3.29. The number of nitro benzene ring substituents is 1. The molecule has 0 aliphatic rings. The average Bonchev–Trinajstić information content (AvgIpc) is 2.56. The first-order valence-electron chi connectivity index (χ1n) is 7.06. The molecule has 0 amide bonds. The number of aliphatic hydroxyl groups is 1. The summed E-state index contributed by atoms with van der Waals surface area (Å²) >= 11 is 0.693. The molecule has 6 N–H and O–H groups in total. The van der Waals surface area contributed by atoms with E-state index in [-0.39, 0.29) is 16.9 Å². The molecule has 0 aliphatic carbocycles. The standard InChI is InChI=1S/C13H17N2O9PS/c14-8(12(18)19)3-4-25(23,24)13(20)7-1-2-10(26-6-11(16)17)9(5-7)15(21)22/h1-2,5,8,13,20H,3-4,6,14H2,(H,16,17)(H,18,19)(H,23,24). The predicted octanol–water partition coefficient (Wildman–Crippen LogP) is 0.835. The maximum atomic E-state index is 12.2. The van der Waals surface area contributed by atoms with E-state index in [0.717, 1.165) is 6.07 Å². The summed E-state index contributed by atoms with van der Waals surface area (Å²) < 4.78 is 12.2. The molecule has 0 aromatic heterocycles. The summed E-state index contributed by atoms with van der Waals surface area (Å²) in [4.78, 5) is 41.5. The molecule has 0 saturated heterocycles. The molecule has 0 radical (unpaired) electrons. The van der Waals surface area contributed by atoms with Gasteiger partial charge in [0.1, 0.15) is 6.04 Å². The van der Waals surface area contributed by atoms with Gasteiger partial charge in [-0.3, -0.25) is 24.3 Å². The summed E-state index contributed by atoms with van der Waals surface area (Å²) in [7, 11) is -4.31. The number of hydrogen-bond acceptors (Lipinski definition) is 8. The predicted molar refractivity (Wildman–Crippen MR) is 91.3 cm³/mol. The van der Waals surface area contributed by atoms with E-state index in [1.807, 2.05) is 0 Å². The van der Waals surface area contributed by atoms with Gasteiger partial charge in [-0.2, -0.15) is 0 Å². The zero-order valence-corrected chi connectivity index (χ0v) is 14.9. The van der Waals surface area contributed by atoms with Crippen molar-refractivity contribution >= 4 is 36.8 Å². The fraction of sp³-hybridized carbons (Fsp3) is 0.385. The van der Waals surface area contributed by atoms with E-state index in [9.17, 15) is 34.3 Å². The SMILES string of the molecule is NC(CCP(=O)(O)C(O)c1ccc(SCC(=O)O)c([N+](=O)[O-])c1)C(=O)O. The van der Waals surface area contributed by atoms with Gasteiger partial charge in [0.15, 0.2) is 5.85 Å². The maximum Gasteiger partial charge on any atom is 0.320 e. The quantitative estimate of drug-likeness (QED) is 0.159. The van der Waals surface area contributed by atoms with Gasteiger partial charge in [0.25, 0.3) is 5.69 Å². The van der Waals surface area contributed by atoms with Crippen molar-refractivity contribution in [1.29, 1.82) is 0 Å². The van der Waals surface area contributed by atoms with Crippen molar-refractivity contribution in [2.24, 2.45) is 5.73 Å². The first kappa shape index (κ1) is 22.1. The Labute approximate surface area is 151 Å². The number of carbonyl (C=O) groups is 2. The highest BCUT2D eigenvalue weighted by Gasteiger charge is 2.33. The van der Waals surface area contributed by atoms with Crippen LogP contribution in [0, 0.1) is 10.1 Å². The van der Waals surface area contributed by atoms with Crippen LogP contribution in [0.15, 0.2) is 23.1 Å². The van der Waals surface area contributed by atoms with E-state index in [1.54, 1.807) is 0 Å². The summed E-state index contributed by atoms with van der Waals surface area (Å²) in [5, 5.41) is 38.5. The maximum absolute atomic E-state index is 12.2. The molecule has 1 rings (SSSR count). The molecule has 0 saturated carbocycles. The average molecular weight is 408 g/mol. The van der Waals surface area contributed by atoms with Gasteiger partial charge in [0.2, 0.25) is 7.37 Å². The molecule has 0 spiro atoms. The van der Waals surface area contributed by atoms with Gasteiger partial charge in [-0.05, 0) is 18.1 Å². The zero-order chi connectivity index (χ0) is 20.1. The van der Waals surface area contributed by atoms with Crippen LogP contribution in [0.25, 0.3) is 0 Å². The lowest BCUT2D eigenvalue weighted by atomic mass is 10.2. The number of aliphatic hydroxyl groups excluding tert-OH is 1. The Hall–Kier alpha value is -1.98. The molecule has 1 aromatic carbocycles. The van der Waals surface area contributed by atoms with Crippen LogP contribution in [0.2, 0.25) is 0 Å². The van der Waals surface area contributed by atoms with Gasteiger partial charge in [-0.25, -0.2) is 0 Å². The van der Waals surface area contributed by atoms with Gasteiger partial charge in [0, 0.05) is 12.2 Å². The van der Waals surface area contributed by atoms with E-state index < -0.39 is 53.7 Å². The Morgan fingerprint density at radius 2 is 1.96 bits per heavy atom. The first-order chi connectivity index (χ1) is 12.0. The molecule has 0 aliphatic heterocycles. The Balaban J connectivity index is 3.04. The van der Waals surface area contributed by atoms with Crippen LogP contribution < -0.4 is 5.73 Å². The number of nitro groups is 1. The van der Waals surface area contributed by atoms with Crippen LogP contribution in [0.4, 0.5) is 5.69 Å². The second-order valence-electron chi connectivity index (χ2n) is 5.25. The fourth-order valence-electron chi connectivity index (χ4n) is 1.90. The molecule has 1 aromatic rings. The molecular formula is C13H17N2O9PS. The minimum absolute atomic E-state index is 0.0222.